The van der Waals surface area contributed by atoms with Crippen molar-refractivity contribution in [3.63, 3.8) is 0 Å². The third-order valence-corrected chi connectivity index (χ3v) is 6.95. The van der Waals surface area contributed by atoms with Crippen LogP contribution in [0.1, 0.15) is 26.7 Å². The Morgan fingerprint density at radius 3 is 2.45 bits per heavy atom. The van der Waals surface area contributed by atoms with Crippen molar-refractivity contribution in [3.8, 4) is 0 Å². The fourth-order valence-corrected chi connectivity index (χ4v) is 4.28. The number of carbonyl (C=O) groups excluding carboxylic acids is 1. The predicted molar refractivity (Wildman–Crippen MR) is 110 cm³/mol. The minimum atomic E-state index is -3.41. The molecule has 0 aromatic heterocycles. The molecule has 5 atom stereocenters. The fraction of sp³-hybridized carbons (Fsp3) is 0.750. The van der Waals surface area contributed by atoms with Gasteiger partial charge < -0.3 is 28.0 Å². The van der Waals surface area contributed by atoms with Gasteiger partial charge in [0.05, 0.1) is 18.3 Å². The summed E-state index contributed by atoms with van der Waals surface area (Å²) in [5.74, 6) is -0.704. The number of ketones is 1. The van der Waals surface area contributed by atoms with Crippen LogP contribution in [-0.2, 0) is 37.4 Å². The van der Waals surface area contributed by atoms with Crippen LogP contribution in [0.15, 0.2) is 24.3 Å². The third-order valence-electron chi connectivity index (χ3n) is 5.14. The van der Waals surface area contributed by atoms with E-state index in [4.69, 9.17) is 28.0 Å². The van der Waals surface area contributed by atoms with Gasteiger partial charge in [-0.15, -0.1) is 6.58 Å². The van der Waals surface area contributed by atoms with Crippen molar-refractivity contribution in [1.29, 1.82) is 0 Å². The summed E-state index contributed by atoms with van der Waals surface area (Å²) in [5.41, 5.74) is 0.969. The second-order valence-electron chi connectivity index (χ2n) is 7.04. The van der Waals surface area contributed by atoms with E-state index >= 15 is 0 Å². The van der Waals surface area contributed by atoms with Gasteiger partial charge in [-0.25, -0.2) is 0 Å². The van der Waals surface area contributed by atoms with E-state index in [2.05, 4.69) is 6.58 Å². The standard InChI is InChI=1S/C20H35O8P/c1-8-9-17(27-13-23-4)14(2)10-20-19(24-5)11-18(28-20)15(3)16(21)12-29(22,25-6)26-7/h8,10,15,17-20H,1,9,11-13H2,2-7H3/b14-10-/t15-,17+,18+,19-,20-/m0/s1. The van der Waals surface area contributed by atoms with Crippen molar-refractivity contribution < 1.29 is 37.4 Å². The van der Waals surface area contributed by atoms with Gasteiger partial charge in [0.15, 0.2) is 0 Å². The molecule has 1 aliphatic rings. The average Bonchev–Trinajstić information content (AvgIpc) is 3.12. The van der Waals surface area contributed by atoms with Crippen LogP contribution in [0.3, 0.4) is 0 Å². The summed E-state index contributed by atoms with van der Waals surface area (Å²) in [6.07, 6.45) is 3.58. The Morgan fingerprint density at radius 2 is 1.93 bits per heavy atom. The lowest BCUT2D eigenvalue weighted by molar-refractivity contribution is -0.124. The molecular formula is C20H35O8P. The molecule has 29 heavy (non-hydrogen) atoms. The van der Waals surface area contributed by atoms with Crippen molar-refractivity contribution in [2.24, 2.45) is 5.92 Å². The number of hydrogen-bond donors (Lipinski definition) is 0. The lowest BCUT2D eigenvalue weighted by atomic mass is 9.96. The van der Waals surface area contributed by atoms with Crippen LogP contribution in [-0.4, -0.2) is 71.6 Å². The summed E-state index contributed by atoms with van der Waals surface area (Å²) < 4.78 is 44.4. The SMILES string of the molecule is C=CC[C@@H](OCOC)/C(C)=C\[C@@H]1O[C@@H]([C@@H](C)C(=O)CP(=O)(OC)OC)C[C@@H]1OC. The first kappa shape index (κ1) is 26.2. The summed E-state index contributed by atoms with van der Waals surface area (Å²) >= 11 is 0. The van der Waals surface area contributed by atoms with Crippen molar-refractivity contribution in [3.05, 3.63) is 24.3 Å². The van der Waals surface area contributed by atoms with Gasteiger partial charge in [0, 0.05) is 40.8 Å². The van der Waals surface area contributed by atoms with E-state index < -0.39 is 13.5 Å². The van der Waals surface area contributed by atoms with E-state index in [0.717, 1.165) is 5.57 Å². The predicted octanol–water partition coefficient (Wildman–Crippen LogP) is 3.36. The molecule has 0 bridgehead atoms. The molecule has 1 saturated heterocycles. The molecule has 1 rings (SSSR count). The zero-order chi connectivity index (χ0) is 22.0. The molecular weight excluding hydrogens is 399 g/mol. The highest BCUT2D eigenvalue weighted by atomic mass is 31.2. The monoisotopic (exact) mass is 434 g/mol. The maximum atomic E-state index is 12.6. The van der Waals surface area contributed by atoms with Crippen molar-refractivity contribution >= 4 is 13.4 Å². The number of carbonyl (C=O) groups is 1. The number of methoxy groups -OCH3 is 2. The smallest absolute Gasteiger partial charge is 0.337 e. The first-order valence-corrected chi connectivity index (χ1v) is 11.3. The molecule has 0 amide bonds. The maximum absolute atomic E-state index is 12.6. The van der Waals surface area contributed by atoms with Crippen LogP contribution in [0.25, 0.3) is 0 Å². The topological polar surface area (TPSA) is 89.5 Å². The molecule has 0 spiro atoms. The van der Waals surface area contributed by atoms with Gasteiger partial charge in [-0.05, 0) is 18.9 Å². The molecule has 1 fully saturated rings. The van der Waals surface area contributed by atoms with Crippen LogP contribution in [0, 0.1) is 5.92 Å². The Labute approximate surface area is 174 Å². The van der Waals surface area contributed by atoms with Gasteiger partial charge in [-0.1, -0.05) is 19.1 Å². The first-order chi connectivity index (χ1) is 13.7. The van der Waals surface area contributed by atoms with Crippen molar-refractivity contribution in [1.82, 2.24) is 0 Å². The molecule has 8 nitrogen and oxygen atoms in total. The highest BCUT2D eigenvalue weighted by Crippen LogP contribution is 2.47. The largest absolute Gasteiger partial charge is 0.378 e. The molecule has 0 saturated carbocycles. The molecule has 0 aliphatic carbocycles. The molecule has 1 aliphatic heterocycles. The fourth-order valence-electron chi connectivity index (χ4n) is 3.21. The van der Waals surface area contributed by atoms with Gasteiger partial charge in [-0.3, -0.25) is 9.36 Å². The van der Waals surface area contributed by atoms with Gasteiger partial charge in [0.2, 0.25) is 0 Å². The minimum Gasteiger partial charge on any atom is -0.378 e. The van der Waals surface area contributed by atoms with E-state index in [1.54, 1.807) is 27.2 Å². The lowest BCUT2D eigenvalue weighted by Gasteiger charge is -2.21. The molecule has 0 aromatic carbocycles. The Morgan fingerprint density at radius 1 is 1.28 bits per heavy atom. The van der Waals surface area contributed by atoms with Crippen molar-refractivity contribution in [2.75, 3.05) is 41.4 Å². The summed E-state index contributed by atoms with van der Waals surface area (Å²) in [5, 5.41) is 0. The number of Topliss-reactive ketones (excluding diaryl/α,β-unsaturated/α-hetero) is 1. The normalized spacial score (nSPS) is 25.0. The van der Waals surface area contributed by atoms with Crippen LogP contribution in [0.5, 0.6) is 0 Å². The highest BCUT2D eigenvalue weighted by molar-refractivity contribution is 7.54. The summed E-state index contributed by atoms with van der Waals surface area (Å²) in [6.45, 7) is 7.66. The maximum Gasteiger partial charge on any atom is 0.337 e. The van der Waals surface area contributed by atoms with Gasteiger partial charge in [-0.2, -0.15) is 0 Å². The third kappa shape index (κ3) is 7.72. The van der Waals surface area contributed by atoms with Crippen LogP contribution < -0.4 is 0 Å². The molecule has 1 heterocycles. The Balaban J connectivity index is 2.86. The van der Waals surface area contributed by atoms with Gasteiger partial charge >= 0.3 is 7.60 Å². The average molecular weight is 434 g/mol. The Hall–Kier alpha value is -0.860. The van der Waals surface area contributed by atoms with E-state index in [1.807, 2.05) is 13.0 Å². The molecule has 168 valence electrons. The number of hydrogen-bond acceptors (Lipinski definition) is 8. The van der Waals surface area contributed by atoms with Crippen LogP contribution in [0.2, 0.25) is 0 Å². The second kappa shape index (κ2) is 12.7. The zero-order valence-corrected chi connectivity index (χ0v) is 19.2. The van der Waals surface area contributed by atoms with Crippen molar-refractivity contribution in [2.45, 2.75) is 51.1 Å². The Kier molecular flexibility index (Phi) is 11.5. The van der Waals surface area contributed by atoms with E-state index in [9.17, 15) is 9.36 Å². The Bertz CT molecular complexity index is 597. The second-order valence-corrected chi connectivity index (χ2v) is 9.30. The van der Waals surface area contributed by atoms with Crippen LogP contribution in [0.4, 0.5) is 0 Å². The molecule has 0 N–H and O–H groups in total. The molecule has 0 radical (unpaired) electrons. The quantitative estimate of drug-likeness (QED) is 0.234. The summed E-state index contributed by atoms with van der Waals surface area (Å²) in [4.78, 5) is 12.6. The number of ether oxygens (including phenoxy) is 4. The molecule has 0 aromatic rings. The first-order valence-electron chi connectivity index (χ1n) is 9.56. The van der Waals surface area contributed by atoms with E-state index in [0.29, 0.717) is 12.8 Å². The van der Waals surface area contributed by atoms with E-state index in [1.165, 1.54) is 14.2 Å². The highest BCUT2D eigenvalue weighted by Gasteiger charge is 2.41. The summed E-state index contributed by atoms with van der Waals surface area (Å²) in [7, 11) is 2.31. The van der Waals surface area contributed by atoms with E-state index in [-0.39, 0.29) is 43.2 Å². The molecule has 0 unspecified atom stereocenters. The lowest BCUT2D eigenvalue weighted by Crippen LogP contribution is -2.28. The number of rotatable bonds is 14. The summed E-state index contributed by atoms with van der Waals surface area (Å²) in [6, 6.07) is 0. The van der Waals surface area contributed by atoms with Crippen LogP contribution >= 0.6 is 7.60 Å². The zero-order valence-electron chi connectivity index (χ0n) is 18.3. The molecule has 9 heteroatoms. The van der Waals surface area contributed by atoms with Gasteiger partial charge in [0.1, 0.15) is 24.8 Å². The minimum absolute atomic E-state index is 0.177. The van der Waals surface area contributed by atoms with Gasteiger partial charge in [0.25, 0.3) is 0 Å².